The lowest BCUT2D eigenvalue weighted by molar-refractivity contribution is 0.580. The fourth-order valence-corrected chi connectivity index (χ4v) is 3.13. The highest BCUT2D eigenvalue weighted by atomic mass is 127. The third-order valence-electron chi connectivity index (χ3n) is 2.24. The number of benzene rings is 1. The molecule has 3 nitrogen and oxygen atoms in total. The van der Waals surface area contributed by atoms with Gasteiger partial charge in [0.05, 0.1) is 4.90 Å². The minimum atomic E-state index is -3.34. The van der Waals surface area contributed by atoms with Gasteiger partial charge in [0.15, 0.2) is 0 Å². The number of hydrogen-bond donors (Lipinski definition) is 1. The quantitative estimate of drug-likeness (QED) is 0.502. The smallest absolute Gasteiger partial charge is 0.211 e. The van der Waals surface area contributed by atoms with Gasteiger partial charge in [-0.2, -0.15) is 0 Å². The predicted molar refractivity (Wildman–Crippen MR) is 74.6 cm³/mol. The fraction of sp³-hybridized carbons (Fsp3) is 0.455. The largest absolute Gasteiger partial charge is 0.240 e. The van der Waals surface area contributed by atoms with Crippen molar-refractivity contribution in [2.75, 3.05) is 11.0 Å². The lowest BCUT2D eigenvalue weighted by atomic mass is 10.2. The van der Waals surface area contributed by atoms with Crippen molar-refractivity contribution in [3.8, 4) is 0 Å². The first-order valence-electron chi connectivity index (χ1n) is 5.10. The Hall–Kier alpha value is -0.140. The first-order valence-corrected chi connectivity index (χ1v) is 8.11. The van der Waals surface area contributed by atoms with E-state index in [0.29, 0.717) is 11.4 Å². The molecule has 0 bridgehead atoms. The lowest BCUT2D eigenvalue weighted by Crippen LogP contribution is -2.25. The zero-order valence-electron chi connectivity index (χ0n) is 9.46. The molecule has 0 saturated carbocycles. The predicted octanol–water partition coefficient (Wildman–Crippen LogP) is 2.41. The van der Waals surface area contributed by atoms with Crippen LogP contribution in [0.2, 0.25) is 0 Å². The van der Waals surface area contributed by atoms with Gasteiger partial charge in [0.25, 0.3) is 0 Å². The highest BCUT2D eigenvalue weighted by Crippen LogP contribution is 2.16. The molecule has 0 fully saturated rings. The van der Waals surface area contributed by atoms with Crippen molar-refractivity contribution >= 4 is 32.6 Å². The van der Waals surface area contributed by atoms with E-state index in [1.54, 1.807) is 6.07 Å². The lowest BCUT2D eigenvalue weighted by Gasteiger charge is -2.09. The minimum absolute atomic E-state index is 0.390. The number of aryl methyl sites for hydroxylation is 2. The number of rotatable bonds is 5. The van der Waals surface area contributed by atoms with E-state index < -0.39 is 10.0 Å². The summed E-state index contributed by atoms with van der Waals surface area (Å²) in [6.45, 7) is 4.20. The van der Waals surface area contributed by atoms with E-state index in [0.717, 1.165) is 22.0 Å². The van der Waals surface area contributed by atoms with E-state index in [2.05, 4.69) is 27.3 Å². The summed E-state index contributed by atoms with van der Waals surface area (Å²) in [6.07, 6.45) is 0.852. The summed E-state index contributed by atoms with van der Waals surface area (Å²) >= 11 is 2.23. The maximum absolute atomic E-state index is 12.0. The molecule has 0 atom stereocenters. The van der Waals surface area contributed by atoms with Crippen molar-refractivity contribution in [1.29, 1.82) is 0 Å². The standard InChI is InChI=1S/C11H16INO2S/c1-9-4-5-10(2)11(8-9)16(14,15)13-7-3-6-12/h4-5,8,13H,3,6-7H2,1-2H3. The molecule has 1 aromatic rings. The minimum Gasteiger partial charge on any atom is -0.211 e. The molecule has 0 aliphatic heterocycles. The zero-order valence-corrected chi connectivity index (χ0v) is 12.4. The number of nitrogens with one attached hydrogen (secondary N) is 1. The molecule has 1 N–H and O–H groups in total. The van der Waals surface area contributed by atoms with Crippen LogP contribution >= 0.6 is 22.6 Å². The van der Waals surface area contributed by atoms with Crippen LogP contribution in [0.5, 0.6) is 0 Å². The highest BCUT2D eigenvalue weighted by Gasteiger charge is 2.15. The summed E-state index contributed by atoms with van der Waals surface area (Å²) in [6, 6.07) is 5.46. The van der Waals surface area contributed by atoms with Gasteiger partial charge in [-0.15, -0.1) is 0 Å². The van der Waals surface area contributed by atoms with Crippen LogP contribution in [0.3, 0.4) is 0 Å². The SMILES string of the molecule is Cc1ccc(C)c(S(=O)(=O)NCCCI)c1. The Morgan fingerprint density at radius 2 is 2.00 bits per heavy atom. The fourth-order valence-electron chi connectivity index (χ4n) is 1.35. The molecular weight excluding hydrogens is 337 g/mol. The van der Waals surface area contributed by atoms with Crippen LogP contribution in [0, 0.1) is 13.8 Å². The van der Waals surface area contributed by atoms with Crippen LogP contribution in [0.25, 0.3) is 0 Å². The van der Waals surface area contributed by atoms with Crippen molar-refractivity contribution in [3.63, 3.8) is 0 Å². The second-order valence-corrected chi connectivity index (χ2v) is 6.52. The van der Waals surface area contributed by atoms with Crippen LogP contribution in [0.15, 0.2) is 23.1 Å². The molecule has 0 amide bonds. The molecule has 0 spiro atoms. The first kappa shape index (κ1) is 13.9. The monoisotopic (exact) mass is 353 g/mol. The summed E-state index contributed by atoms with van der Waals surface area (Å²) in [4.78, 5) is 0.390. The summed E-state index contributed by atoms with van der Waals surface area (Å²) in [5.74, 6) is 0. The van der Waals surface area contributed by atoms with Crippen molar-refractivity contribution in [2.45, 2.75) is 25.2 Å². The summed E-state index contributed by atoms with van der Waals surface area (Å²) < 4.78 is 27.5. The Balaban J connectivity index is 2.93. The summed E-state index contributed by atoms with van der Waals surface area (Å²) in [5, 5.41) is 0. The molecule has 0 aliphatic carbocycles. The molecular formula is C11H16INO2S. The molecule has 0 radical (unpaired) electrons. The molecule has 0 aliphatic rings. The molecule has 16 heavy (non-hydrogen) atoms. The third-order valence-corrected chi connectivity index (χ3v) is 4.60. The number of sulfonamides is 1. The summed E-state index contributed by atoms with van der Waals surface area (Å²) in [7, 11) is -3.34. The van der Waals surface area contributed by atoms with Crippen molar-refractivity contribution < 1.29 is 8.42 Å². The molecule has 0 saturated heterocycles. The van der Waals surface area contributed by atoms with Crippen LogP contribution in [0.4, 0.5) is 0 Å². The van der Waals surface area contributed by atoms with E-state index in [-0.39, 0.29) is 0 Å². The average Bonchev–Trinajstić information content (AvgIpc) is 2.22. The van der Waals surface area contributed by atoms with Crippen molar-refractivity contribution in [3.05, 3.63) is 29.3 Å². The van der Waals surface area contributed by atoms with Gasteiger partial charge in [0, 0.05) is 11.0 Å². The molecule has 5 heteroatoms. The van der Waals surface area contributed by atoms with E-state index in [9.17, 15) is 8.42 Å². The van der Waals surface area contributed by atoms with Crippen LogP contribution < -0.4 is 4.72 Å². The Labute approximate surface area is 111 Å². The van der Waals surface area contributed by atoms with E-state index >= 15 is 0 Å². The van der Waals surface area contributed by atoms with Gasteiger partial charge in [0.2, 0.25) is 10.0 Å². The van der Waals surface area contributed by atoms with Gasteiger partial charge in [-0.25, -0.2) is 13.1 Å². The Kier molecular flexibility index (Phi) is 5.20. The van der Waals surface area contributed by atoms with Crippen molar-refractivity contribution in [2.24, 2.45) is 0 Å². The number of halogens is 1. The van der Waals surface area contributed by atoms with Gasteiger partial charge >= 0.3 is 0 Å². The Morgan fingerprint density at radius 3 is 2.62 bits per heavy atom. The first-order chi connectivity index (χ1) is 7.47. The van der Waals surface area contributed by atoms with Crippen LogP contribution in [-0.4, -0.2) is 19.4 Å². The van der Waals surface area contributed by atoms with Crippen LogP contribution in [0.1, 0.15) is 17.5 Å². The second kappa shape index (κ2) is 5.97. The molecule has 0 heterocycles. The van der Waals surface area contributed by atoms with Crippen molar-refractivity contribution in [1.82, 2.24) is 4.72 Å². The van der Waals surface area contributed by atoms with Crippen LogP contribution in [-0.2, 0) is 10.0 Å². The van der Waals surface area contributed by atoms with Gasteiger partial charge in [-0.1, -0.05) is 34.7 Å². The van der Waals surface area contributed by atoms with E-state index in [1.165, 1.54) is 0 Å². The molecule has 0 unspecified atom stereocenters. The summed E-state index contributed by atoms with van der Waals surface area (Å²) in [5.41, 5.74) is 1.74. The maximum atomic E-state index is 12.0. The maximum Gasteiger partial charge on any atom is 0.240 e. The average molecular weight is 353 g/mol. The normalized spacial score (nSPS) is 11.7. The van der Waals surface area contributed by atoms with Gasteiger partial charge in [0.1, 0.15) is 0 Å². The van der Waals surface area contributed by atoms with Gasteiger partial charge < -0.3 is 0 Å². The topological polar surface area (TPSA) is 46.2 Å². The number of hydrogen-bond acceptors (Lipinski definition) is 2. The molecule has 1 rings (SSSR count). The Bertz CT molecular complexity index is 457. The molecule has 1 aromatic carbocycles. The molecule has 0 aromatic heterocycles. The van der Waals surface area contributed by atoms with E-state index in [1.807, 2.05) is 26.0 Å². The highest BCUT2D eigenvalue weighted by molar-refractivity contribution is 14.1. The second-order valence-electron chi connectivity index (χ2n) is 3.71. The Morgan fingerprint density at radius 1 is 1.31 bits per heavy atom. The van der Waals surface area contributed by atoms with Gasteiger partial charge in [-0.3, -0.25) is 0 Å². The van der Waals surface area contributed by atoms with Gasteiger partial charge in [-0.05, 0) is 37.5 Å². The molecule has 90 valence electrons. The zero-order chi connectivity index (χ0) is 12.2. The number of alkyl halides is 1. The third kappa shape index (κ3) is 3.71. The van der Waals surface area contributed by atoms with E-state index in [4.69, 9.17) is 0 Å².